The van der Waals surface area contributed by atoms with E-state index in [1.54, 1.807) is 6.07 Å². The fourth-order valence-electron chi connectivity index (χ4n) is 2.49. The molecule has 2 N–H and O–H groups in total. The molecule has 0 heterocycles. The minimum atomic E-state index is -0.357. The molecule has 100 valence electrons. The van der Waals surface area contributed by atoms with Gasteiger partial charge in [-0.3, -0.25) is 0 Å². The van der Waals surface area contributed by atoms with E-state index in [-0.39, 0.29) is 5.97 Å². The van der Waals surface area contributed by atoms with Crippen molar-refractivity contribution in [3.8, 4) is 0 Å². The van der Waals surface area contributed by atoms with Crippen LogP contribution in [0.1, 0.15) is 36.2 Å². The number of nitrogens with two attached hydrogens (primary N) is 1. The van der Waals surface area contributed by atoms with Gasteiger partial charge in [-0.2, -0.15) is 0 Å². The topological polar surface area (TPSA) is 52.3 Å². The predicted molar refractivity (Wildman–Crippen MR) is 77.7 cm³/mol. The molecule has 19 heavy (non-hydrogen) atoms. The summed E-state index contributed by atoms with van der Waals surface area (Å²) in [4.78, 5) is 11.6. The number of hydrogen-bond acceptors (Lipinski definition) is 3. The Balaban J connectivity index is 2.45. The second-order valence-corrected chi connectivity index (χ2v) is 5.08. The number of anilines is 1. The first kappa shape index (κ1) is 13.4. The molecule has 0 amide bonds. The Kier molecular flexibility index (Phi) is 3.74. The highest BCUT2D eigenvalue weighted by Gasteiger charge is 2.17. The lowest BCUT2D eigenvalue weighted by Crippen LogP contribution is -2.07. The van der Waals surface area contributed by atoms with E-state index < -0.39 is 0 Å². The predicted octanol–water partition coefficient (Wildman–Crippen LogP) is 3.42. The summed E-state index contributed by atoms with van der Waals surface area (Å²) in [6, 6.07) is 5.40. The Labute approximate surface area is 113 Å². The van der Waals surface area contributed by atoms with Gasteiger partial charge in [-0.1, -0.05) is 24.6 Å². The maximum absolute atomic E-state index is 11.6. The van der Waals surface area contributed by atoms with E-state index in [1.165, 1.54) is 18.3 Å². The van der Waals surface area contributed by atoms with E-state index in [9.17, 15) is 4.79 Å². The van der Waals surface area contributed by atoms with Crippen molar-refractivity contribution in [3.63, 3.8) is 0 Å². The van der Waals surface area contributed by atoms with Crippen molar-refractivity contribution in [2.24, 2.45) is 5.92 Å². The van der Waals surface area contributed by atoms with Crippen LogP contribution >= 0.6 is 0 Å². The third kappa shape index (κ3) is 2.87. The molecule has 0 saturated heterocycles. The normalized spacial score (nSPS) is 18.6. The molecule has 1 atom stereocenters. The van der Waals surface area contributed by atoms with Crippen LogP contribution in [-0.2, 0) is 4.74 Å². The van der Waals surface area contributed by atoms with Gasteiger partial charge < -0.3 is 10.5 Å². The van der Waals surface area contributed by atoms with Gasteiger partial charge in [-0.25, -0.2) is 4.79 Å². The molecule has 0 aromatic heterocycles. The molecule has 0 spiro atoms. The first-order chi connectivity index (χ1) is 9.01. The van der Waals surface area contributed by atoms with Crippen LogP contribution in [0.5, 0.6) is 0 Å². The van der Waals surface area contributed by atoms with Crippen molar-refractivity contribution < 1.29 is 9.53 Å². The fourth-order valence-corrected chi connectivity index (χ4v) is 2.49. The lowest BCUT2D eigenvalue weighted by Gasteiger charge is -2.21. The lowest BCUT2D eigenvalue weighted by atomic mass is 9.84. The number of esters is 1. The minimum Gasteiger partial charge on any atom is -0.465 e. The first-order valence-corrected chi connectivity index (χ1v) is 6.38. The minimum absolute atomic E-state index is 0.357. The van der Waals surface area contributed by atoms with Crippen LogP contribution in [0.2, 0.25) is 0 Å². The molecule has 1 aromatic carbocycles. The van der Waals surface area contributed by atoms with Gasteiger partial charge in [0.25, 0.3) is 0 Å². The van der Waals surface area contributed by atoms with E-state index in [4.69, 9.17) is 10.5 Å². The molecule has 3 nitrogen and oxygen atoms in total. The Morgan fingerprint density at radius 3 is 2.68 bits per heavy atom. The highest BCUT2D eigenvalue weighted by molar-refractivity contribution is 5.92. The number of benzene rings is 1. The van der Waals surface area contributed by atoms with Gasteiger partial charge in [-0.05, 0) is 48.6 Å². The molecule has 2 rings (SSSR count). The first-order valence-electron chi connectivity index (χ1n) is 6.38. The van der Waals surface area contributed by atoms with Crippen molar-refractivity contribution in [2.75, 3.05) is 12.8 Å². The molecule has 0 bridgehead atoms. The third-order valence-corrected chi connectivity index (χ3v) is 3.42. The van der Waals surface area contributed by atoms with Gasteiger partial charge in [0.1, 0.15) is 0 Å². The Morgan fingerprint density at radius 1 is 1.32 bits per heavy atom. The number of rotatable bonds is 2. The largest absolute Gasteiger partial charge is 0.465 e. The smallest absolute Gasteiger partial charge is 0.337 e. The number of carbonyl (C=O) groups is 1. The molecule has 0 aliphatic heterocycles. The van der Waals surface area contributed by atoms with Crippen molar-refractivity contribution in [1.82, 2.24) is 0 Å². The molecule has 1 unspecified atom stereocenters. The van der Waals surface area contributed by atoms with E-state index in [2.05, 4.69) is 26.0 Å². The van der Waals surface area contributed by atoms with Crippen LogP contribution in [0.4, 0.5) is 5.69 Å². The third-order valence-electron chi connectivity index (χ3n) is 3.42. The molecule has 0 radical (unpaired) electrons. The van der Waals surface area contributed by atoms with E-state index in [0.29, 0.717) is 17.2 Å². The summed E-state index contributed by atoms with van der Waals surface area (Å²) in [7, 11) is 1.37. The summed E-state index contributed by atoms with van der Waals surface area (Å²) in [5.41, 5.74) is 10.5. The van der Waals surface area contributed by atoms with Gasteiger partial charge in [0.05, 0.1) is 12.7 Å². The van der Waals surface area contributed by atoms with Crippen LogP contribution < -0.4 is 5.73 Å². The zero-order chi connectivity index (χ0) is 14.0. The summed E-state index contributed by atoms with van der Waals surface area (Å²) < 4.78 is 4.75. The van der Waals surface area contributed by atoms with Crippen LogP contribution in [0, 0.1) is 5.92 Å². The monoisotopic (exact) mass is 257 g/mol. The Morgan fingerprint density at radius 2 is 2.05 bits per heavy atom. The summed E-state index contributed by atoms with van der Waals surface area (Å²) >= 11 is 0. The maximum atomic E-state index is 11.6. The highest BCUT2D eigenvalue weighted by Crippen LogP contribution is 2.33. The SMILES string of the molecule is COC(=O)c1cc(N)cc(C2=CC=C(C)CC2C)c1. The van der Waals surface area contributed by atoms with Crippen LogP contribution in [0.15, 0.2) is 35.9 Å². The summed E-state index contributed by atoms with van der Waals surface area (Å²) in [5, 5.41) is 0. The molecule has 1 aliphatic rings. The number of allylic oxidation sites excluding steroid dienone is 4. The van der Waals surface area contributed by atoms with Crippen molar-refractivity contribution in [1.29, 1.82) is 0 Å². The Bertz CT molecular complexity index is 570. The maximum Gasteiger partial charge on any atom is 0.337 e. The molecule has 3 heteroatoms. The lowest BCUT2D eigenvalue weighted by molar-refractivity contribution is 0.0600. The fraction of sp³-hybridized carbons (Fsp3) is 0.312. The standard InChI is InChI=1S/C16H19NO2/c1-10-4-5-15(11(2)6-10)12-7-13(16(18)19-3)9-14(17)8-12/h4-5,7-9,11H,6,17H2,1-3H3. The number of methoxy groups -OCH3 is 1. The van der Waals surface area contributed by atoms with E-state index in [0.717, 1.165) is 12.0 Å². The van der Waals surface area contributed by atoms with Crippen LogP contribution in [0.3, 0.4) is 0 Å². The van der Waals surface area contributed by atoms with Crippen molar-refractivity contribution in [2.45, 2.75) is 20.3 Å². The number of nitrogen functional groups attached to an aromatic ring is 1. The molecule has 1 aromatic rings. The van der Waals surface area contributed by atoms with Gasteiger partial charge in [0.15, 0.2) is 0 Å². The number of ether oxygens (including phenoxy) is 1. The number of carbonyl (C=O) groups excluding carboxylic acids is 1. The van der Waals surface area contributed by atoms with Gasteiger partial charge >= 0.3 is 5.97 Å². The summed E-state index contributed by atoms with van der Waals surface area (Å²) in [5.74, 6) is 0.0710. The molecular formula is C16H19NO2. The van der Waals surface area contributed by atoms with E-state index >= 15 is 0 Å². The van der Waals surface area contributed by atoms with Gasteiger partial charge in [0, 0.05) is 5.69 Å². The molecule has 0 saturated carbocycles. The highest BCUT2D eigenvalue weighted by atomic mass is 16.5. The van der Waals surface area contributed by atoms with Crippen LogP contribution in [0.25, 0.3) is 5.57 Å². The van der Waals surface area contributed by atoms with Crippen molar-refractivity contribution >= 4 is 17.2 Å². The summed E-state index contributed by atoms with van der Waals surface area (Å²) in [6.07, 6.45) is 5.27. The van der Waals surface area contributed by atoms with Gasteiger partial charge in [-0.15, -0.1) is 0 Å². The Hall–Kier alpha value is -2.03. The van der Waals surface area contributed by atoms with Gasteiger partial charge in [0.2, 0.25) is 0 Å². The molecule has 0 fully saturated rings. The zero-order valence-electron chi connectivity index (χ0n) is 11.6. The zero-order valence-corrected chi connectivity index (χ0v) is 11.6. The van der Waals surface area contributed by atoms with E-state index in [1.807, 2.05) is 12.1 Å². The average molecular weight is 257 g/mol. The second-order valence-electron chi connectivity index (χ2n) is 5.08. The van der Waals surface area contributed by atoms with Crippen LogP contribution in [-0.4, -0.2) is 13.1 Å². The molecule has 1 aliphatic carbocycles. The number of hydrogen-bond donors (Lipinski definition) is 1. The van der Waals surface area contributed by atoms with Crippen molar-refractivity contribution in [3.05, 3.63) is 47.1 Å². The quantitative estimate of drug-likeness (QED) is 0.652. The average Bonchev–Trinajstić information content (AvgIpc) is 2.37. The molecular weight excluding hydrogens is 238 g/mol. The second kappa shape index (κ2) is 5.31. The summed E-state index contributed by atoms with van der Waals surface area (Å²) in [6.45, 7) is 4.31.